The fourth-order valence-electron chi connectivity index (χ4n) is 1.82. The molecule has 0 amide bonds. The predicted molar refractivity (Wildman–Crippen MR) is 83.5 cm³/mol. The first-order valence-electron chi connectivity index (χ1n) is 6.26. The molecule has 1 aromatic heterocycles. The van der Waals surface area contributed by atoms with Gasteiger partial charge in [0, 0.05) is 17.0 Å². The number of hydrogen-bond acceptors (Lipinski definition) is 4. The Labute approximate surface area is 128 Å². The van der Waals surface area contributed by atoms with Crippen molar-refractivity contribution in [2.45, 2.75) is 18.4 Å². The van der Waals surface area contributed by atoms with E-state index in [0.29, 0.717) is 5.56 Å². The van der Waals surface area contributed by atoms with E-state index in [-0.39, 0.29) is 18.0 Å². The first-order valence-corrected chi connectivity index (χ1v) is 8.62. The van der Waals surface area contributed by atoms with E-state index in [1.807, 2.05) is 11.4 Å². The molecular formula is C15H15NO3S2. The van der Waals surface area contributed by atoms with E-state index in [4.69, 9.17) is 5.11 Å². The molecule has 1 aromatic carbocycles. The molecule has 21 heavy (non-hydrogen) atoms. The average Bonchev–Trinajstić information content (AvgIpc) is 2.91. The Morgan fingerprint density at radius 1 is 1.29 bits per heavy atom. The van der Waals surface area contributed by atoms with Crippen molar-refractivity contribution in [3.8, 4) is 11.8 Å². The van der Waals surface area contributed by atoms with Gasteiger partial charge in [-0.1, -0.05) is 30.0 Å². The predicted octanol–water partition coefficient (Wildman–Crippen LogP) is 1.88. The van der Waals surface area contributed by atoms with Gasteiger partial charge in [-0.2, -0.15) is 0 Å². The summed E-state index contributed by atoms with van der Waals surface area (Å²) in [5.74, 6) is 5.37. The molecule has 2 N–H and O–H groups in total. The highest BCUT2D eigenvalue weighted by molar-refractivity contribution is 7.89. The highest BCUT2D eigenvalue weighted by Crippen LogP contribution is 2.18. The van der Waals surface area contributed by atoms with Gasteiger partial charge in [-0.15, -0.1) is 11.3 Å². The van der Waals surface area contributed by atoms with E-state index in [1.54, 1.807) is 31.2 Å². The summed E-state index contributed by atoms with van der Waals surface area (Å²) in [7, 11) is -3.55. The largest absolute Gasteiger partial charge is 0.384 e. The molecule has 6 heteroatoms. The fourth-order valence-corrected chi connectivity index (χ4v) is 3.92. The molecule has 0 saturated heterocycles. The lowest BCUT2D eigenvalue weighted by Gasteiger charge is -2.08. The molecule has 0 atom stereocenters. The molecule has 2 aromatic rings. The summed E-state index contributed by atoms with van der Waals surface area (Å²) in [6.07, 6.45) is 0. The zero-order valence-corrected chi connectivity index (χ0v) is 13.1. The van der Waals surface area contributed by atoms with Crippen LogP contribution in [0.15, 0.2) is 40.6 Å². The lowest BCUT2D eigenvalue weighted by Crippen LogP contribution is -2.23. The van der Waals surface area contributed by atoms with E-state index in [9.17, 15) is 8.42 Å². The highest BCUT2D eigenvalue weighted by Gasteiger charge is 2.16. The molecule has 0 saturated carbocycles. The third-order valence-electron chi connectivity index (χ3n) is 2.85. The summed E-state index contributed by atoms with van der Waals surface area (Å²) in [5.41, 5.74) is 1.44. The van der Waals surface area contributed by atoms with Crippen LogP contribution in [0.4, 0.5) is 0 Å². The molecule has 0 fully saturated rings. The van der Waals surface area contributed by atoms with Gasteiger partial charge >= 0.3 is 0 Å². The SMILES string of the molecule is Cc1ccccc1S(=O)(=O)NCc1sccc1C#CCO. The molecule has 0 radical (unpaired) electrons. The number of thiophene rings is 1. The Morgan fingerprint density at radius 3 is 2.76 bits per heavy atom. The van der Waals surface area contributed by atoms with Gasteiger partial charge in [-0.25, -0.2) is 13.1 Å². The normalized spacial score (nSPS) is 11.0. The van der Waals surface area contributed by atoms with Gasteiger partial charge < -0.3 is 5.11 Å². The molecule has 0 bridgehead atoms. The highest BCUT2D eigenvalue weighted by atomic mass is 32.2. The molecule has 0 aliphatic rings. The summed E-state index contributed by atoms with van der Waals surface area (Å²) in [5, 5.41) is 10.6. The minimum Gasteiger partial charge on any atom is -0.384 e. The molecule has 0 aliphatic heterocycles. The number of nitrogens with one attached hydrogen (secondary N) is 1. The van der Waals surface area contributed by atoms with Crippen LogP contribution < -0.4 is 4.72 Å². The van der Waals surface area contributed by atoms with Crippen LogP contribution in [0.1, 0.15) is 16.0 Å². The van der Waals surface area contributed by atoms with Crippen LogP contribution in [0.2, 0.25) is 0 Å². The van der Waals surface area contributed by atoms with Crippen LogP contribution in [0.5, 0.6) is 0 Å². The number of aryl methyl sites for hydroxylation is 1. The Balaban J connectivity index is 2.17. The molecule has 0 aliphatic carbocycles. The maximum Gasteiger partial charge on any atom is 0.241 e. The van der Waals surface area contributed by atoms with Crippen molar-refractivity contribution in [2.24, 2.45) is 0 Å². The van der Waals surface area contributed by atoms with Crippen molar-refractivity contribution < 1.29 is 13.5 Å². The van der Waals surface area contributed by atoms with E-state index in [1.165, 1.54) is 11.3 Å². The smallest absolute Gasteiger partial charge is 0.241 e. The second-order valence-corrected chi connectivity index (χ2v) is 7.04. The van der Waals surface area contributed by atoms with E-state index in [0.717, 1.165) is 10.4 Å². The van der Waals surface area contributed by atoms with E-state index >= 15 is 0 Å². The third kappa shape index (κ3) is 3.93. The van der Waals surface area contributed by atoms with Gasteiger partial charge in [0.15, 0.2) is 0 Å². The van der Waals surface area contributed by atoms with Gasteiger partial charge in [0.1, 0.15) is 6.61 Å². The Bertz CT molecular complexity index is 782. The molecule has 0 spiro atoms. The fraction of sp³-hybridized carbons (Fsp3) is 0.200. The lowest BCUT2D eigenvalue weighted by atomic mass is 10.2. The van der Waals surface area contributed by atoms with Crippen LogP contribution in [0, 0.1) is 18.8 Å². The molecule has 110 valence electrons. The minimum atomic E-state index is -3.55. The third-order valence-corrected chi connectivity index (χ3v) is 5.34. The Kier molecular flexibility index (Phi) is 5.15. The standard InChI is InChI=1S/C15H15NO3S2/c1-12-5-2-3-7-15(12)21(18,19)16-11-14-13(6-4-9-17)8-10-20-14/h2-3,5,7-8,10,16-17H,9,11H2,1H3. The van der Waals surface area contributed by atoms with E-state index < -0.39 is 10.0 Å². The van der Waals surface area contributed by atoms with Crippen LogP contribution in [0.3, 0.4) is 0 Å². The Hall–Kier alpha value is -1.65. The quantitative estimate of drug-likeness (QED) is 0.845. The molecule has 2 rings (SSSR count). The van der Waals surface area contributed by atoms with Gasteiger partial charge in [-0.3, -0.25) is 0 Å². The molecular weight excluding hydrogens is 306 g/mol. The van der Waals surface area contributed by atoms with Gasteiger partial charge in [-0.05, 0) is 30.0 Å². The first-order chi connectivity index (χ1) is 10.0. The maximum absolute atomic E-state index is 12.3. The van der Waals surface area contributed by atoms with Crippen molar-refractivity contribution in [3.05, 3.63) is 51.7 Å². The van der Waals surface area contributed by atoms with Crippen LogP contribution >= 0.6 is 11.3 Å². The number of aliphatic hydroxyl groups is 1. The molecule has 0 unspecified atom stereocenters. The number of rotatable bonds is 4. The van der Waals surface area contributed by atoms with Gasteiger partial charge in [0.25, 0.3) is 0 Å². The summed E-state index contributed by atoms with van der Waals surface area (Å²) in [4.78, 5) is 1.11. The second kappa shape index (κ2) is 6.87. The van der Waals surface area contributed by atoms with Crippen LogP contribution in [0.25, 0.3) is 0 Å². The lowest BCUT2D eigenvalue weighted by molar-refractivity contribution is 0.350. The number of benzene rings is 1. The van der Waals surface area contributed by atoms with Crippen molar-refractivity contribution >= 4 is 21.4 Å². The van der Waals surface area contributed by atoms with Crippen molar-refractivity contribution in [1.82, 2.24) is 4.72 Å². The van der Waals surface area contributed by atoms with Crippen molar-refractivity contribution in [2.75, 3.05) is 6.61 Å². The summed E-state index contributed by atoms with van der Waals surface area (Å²) >= 11 is 1.43. The topological polar surface area (TPSA) is 66.4 Å². The minimum absolute atomic E-state index is 0.184. The van der Waals surface area contributed by atoms with E-state index in [2.05, 4.69) is 16.6 Å². The Morgan fingerprint density at radius 2 is 2.05 bits per heavy atom. The van der Waals surface area contributed by atoms with Crippen LogP contribution in [-0.2, 0) is 16.6 Å². The monoisotopic (exact) mass is 321 g/mol. The van der Waals surface area contributed by atoms with Crippen LogP contribution in [-0.4, -0.2) is 20.1 Å². The van der Waals surface area contributed by atoms with Gasteiger partial charge in [0.2, 0.25) is 10.0 Å². The maximum atomic E-state index is 12.3. The first kappa shape index (κ1) is 15.7. The number of sulfonamides is 1. The zero-order valence-electron chi connectivity index (χ0n) is 11.5. The summed E-state index contributed by atoms with van der Waals surface area (Å²) < 4.78 is 27.2. The average molecular weight is 321 g/mol. The second-order valence-electron chi connectivity index (χ2n) is 4.31. The number of hydrogen-bond donors (Lipinski definition) is 2. The number of aliphatic hydroxyl groups excluding tert-OH is 1. The summed E-state index contributed by atoms with van der Waals surface area (Å²) in [6.45, 7) is 1.73. The van der Waals surface area contributed by atoms with Crippen molar-refractivity contribution in [1.29, 1.82) is 0 Å². The van der Waals surface area contributed by atoms with Gasteiger partial charge in [0.05, 0.1) is 4.90 Å². The molecule has 1 heterocycles. The molecule has 4 nitrogen and oxygen atoms in total. The summed E-state index contributed by atoms with van der Waals surface area (Å²) in [6, 6.07) is 8.65. The zero-order chi connectivity index (χ0) is 15.3. The van der Waals surface area contributed by atoms with Crippen molar-refractivity contribution in [3.63, 3.8) is 0 Å².